The molecule has 2 aliphatic carbocycles. The predicted molar refractivity (Wildman–Crippen MR) is 267 cm³/mol. The molecule has 0 aliphatic heterocycles. The van der Waals surface area contributed by atoms with Gasteiger partial charge in [0.1, 0.15) is 47.4 Å². The summed E-state index contributed by atoms with van der Waals surface area (Å²) in [5.41, 5.74) is 4.66. The SMILES string of the molecule is CC(=O)Oc1cc(Br)cc(C(=O)O[C@H]2Cc3ccccc3C[C@H]2OC(=O)c2cc(Br)cc(OC(C)=O)c2)c1.O=C(O[C@H]1Cc2ccccc2C[C@H]1OC(=O)c1cc(O)cc(Br)c1)c1cc(O)cc(Br)c1. The van der Waals surface area contributed by atoms with Gasteiger partial charge in [0.15, 0.2) is 0 Å². The zero-order valence-electron chi connectivity index (χ0n) is 37.0. The summed E-state index contributed by atoms with van der Waals surface area (Å²) in [6.07, 6.45) is -1.57. The van der Waals surface area contributed by atoms with Gasteiger partial charge in [0.25, 0.3) is 0 Å². The molecule has 18 heteroatoms. The number of halogens is 4. The lowest BCUT2D eigenvalue weighted by Gasteiger charge is -2.32. The summed E-state index contributed by atoms with van der Waals surface area (Å²) in [6.45, 7) is 2.52. The molecule has 0 amide bonds. The van der Waals surface area contributed by atoms with Crippen LogP contribution in [0.1, 0.15) is 77.5 Å². The number of rotatable bonds is 10. The lowest BCUT2D eigenvalue weighted by Crippen LogP contribution is -2.41. The molecule has 0 saturated heterocycles. The molecular weight excluding hydrogens is 1170 g/mol. The van der Waals surface area contributed by atoms with Crippen molar-refractivity contribution >= 4 is 99.5 Å². The molecule has 6 aromatic carbocycles. The van der Waals surface area contributed by atoms with Gasteiger partial charge in [-0.25, -0.2) is 19.2 Å². The fourth-order valence-electron chi connectivity index (χ4n) is 7.79. The Hall–Kier alpha value is -6.34. The Morgan fingerprint density at radius 2 is 0.657 bits per heavy atom. The van der Waals surface area contributed by atoms with E-state index in [1.807, 2.05) is 48.5 Å². The second kappa shape index (κ2) is 23.1. The van der Waals surface area contributed by atoms with Crippen LogP contribution < -0.4 is 9.47 Å². The molecule has 4 atom stereocenters. The molecule has 0 aromatic heterocycles. The van der Waals surface area contributed by atoms with E-state index in [-0.39, 0.29) is 45.3 Å². The number of hydrogen-bond donors (Lipinski definition) is 2. The summed E-state index contributed by atoms with van der Waals surface area (Å²) in [5, 5.41) is 19.6. The summed E-state index contributed by atoms with van der Waals surface area (Å²) in [5.74, 6) is -3.40. The van der Waals surface area contributed by atoms with Crippen molar-refractivity contribution in [3.05, 3.63) is 184 Å². The monoisotopic (exact) mass is 1200 g/mol. The van der Waals surface area contributed by atoms with E-state index in [0.717, 1.165) is 22.3 Å². The second-order valence-corrected chi connectivity index (χ2v) is 19.7. The molecule has 0 bridgehead atoms. The lowest BCUT2D eigenvalue weighted by atomic mass is 9.87. The highest BCUT2D eigenvalue weighted by atomic mass is 79.9. The number of phenolic OH excluding ortho intramolecular Hbond substituents is 2. The zero-order valence-corrected chi connectivity index (χ0v) is 43.3. The Kier molecular flexibility index (Phi) is 17.0. The van der Waals surface area contributed by atoms with Crippen molar-refractivity contribution in [2.24, 2.45) is 0 Å². The number of carbonyl (C=O) groups is 6. The Morgan fingerprint density at radius 3 is 0.914 bits per heavy atom. The highest BCUT2D eigenvalue weighted by molar-refractivity contribution is 9.11. The maximum absolute atomic E-state index is 13.1. The Morgan fingerprint density at radius 1 is 0.400 bits per heavy atom. The molecule has 70 heavy (non-hydrogen) atoms. The highest BCUT2D eigenvalue weighted by Gasteiger charge is 2.37. The van der Waals surface area contributed by atoms with Crippen LogP contribution in [0.5, 0.6) is 23.0 Å². The highest BCUT2D eigenvalue weighted by Crippen LogP contribution is 2.32. The third-order valence-electron chi connectivity index (χ3n) is 10.8. The van der Waals surface area contributed by atoms with Gasteiger partial charge in [-0.1, -0.05) is 112 Å². The number of esters is 6. The average molecular weight is 1210 g/mol. The molecule has 2 N–H and O–H groups in total. The van der Waals surface area contributed by atoms with Gasteiger partial charge in [-0.15, -0.1) is 0 Å². The van der Waals surface area contributed by atoms with Gasteiger partial charge in [-0.05, 0) is 95.1 Å². The fraction of sp³-hybridized carbons (Fsp3) is 0.192. The molecular formula is C52H40Br4O14. The second-order valence-electron chi connectivity index (χ2n) is 16.1. The average Bonchev–Trinajstić information content (AvgIpc) is 3.28. The Labute approximate surface area is 434 Å². The van der Waals surface area contributed by atoms with Crippen LogP contribution in [0, 0.1) is 0 Å². The largest absolute Gasteiger partial charge is 0.508 e. The van der Waals surface area contributed by atoms with Gasteiger partial charge >= 0.3 is 35.8 Å². The van der Waals surface area contributed by atoms with Crippen molar-refractivity contribution in [1.82, 2.24) is 0 Å². The lowest BCUT2D eigenvalue weighted by molar-refractivity contribution is -0.132. The van der Waals surface area contributed by atoms with Gasteiger partial charge in [0, 0.05) is 57.4 Å². The summed E-state index contributed by atoms with van der Waals surface area (Å²) in [7, 11) is 0. The summed E-state index contributed by atoms with van der Waals surface area (Å²) < 4.78 is 35.5. The van der Waals surface area contributed by atoms with Gasteiger partial charge in [-0.3, -0.25) is 9.59 Å². The van der Waals surface area contributed by atoms with Crippen molar-refractivity contribution in [2.75, 3.05) is 0 Å². The van der Waals surface area contributed by atoms with Crippen molar-refractivity contribution < 1.29 is 67.4 Å². The molecule has 0 fully saturated rings. The van der Waals surface area contributed by atoms with Crippen molar-refractivity contribution in [2.45, 2.75) is 63.9 Å². The van der Waals surface area contributed by atoms with Crippen LogP contribution in [0.2, 0.25) is 0 Å². The topological polar surface area (TPSA) is 198 Å². The third kappa shape index (κ3) is 13.9. The van der Waals surface area contributed by atoms with Crippen LogP contribution in [0.4, 0.5) is 0 Å². The van der Waals surface area contributed by atoms with E-state index >= 15 is 0 Å². The van der Waals surface area contributed by atoms with E-state index < -0.39 is 60.2 Å². The van der Waals surface area contributed by atoms with E-state index in [0.29, 0.717) is 43.6 Å². The van der Waals surface area contributed by atoms with Gasteiger partial charge in [-0.2, -0.15) is 0 Å². The minimum atomic E-state index is -0.780. The number of aromatic hydroxyl groups is 2. The number of hydrogen-bond acceptors (Lipinski definition) is 14. The van der Waals surface area contributed by atoms with Crippen LogP contribution in [-0.2, 0) is 54.2 Å². The number of fused-ring (bicyclic) bond motifs is 2. The minimum absolute atomic E-state index is 0.0715. The zero-order chi connectivity index (χ0) is 50.2. The standard InChI is InChI=1S/C28H22Br2O8.C24H18Br2O6/c1-15(31)35-23-9-19(7-21(29)13-23)27(33)37-25-11-17-5-3-4-6-18(17)12-26(25)38-28(34)20-8-22(30)14-24(10-20)36-16(2)32;25-17-5-15(7-19(27)11-17)23(29)31-21-9-13-3-1-2-4-14(13)10-22(21)32-24(30)16-6-18(26)12-20(28)8-16/h3-10,13-14,25-26H,11-12H2,1-2H3;1-8,11-12,21-22,27-28H,9-10H2/t25-,26+;21-,22+. The number of phenols is 2. The molecule has 14 nitrogen and oxygen atoms in total. The van der Waals surface area contributed by atoms with Crippen molar-refractivity contribution in [3.8, 4) is 23.0 Å². The molecule has 360 valence electrons. The number of benzene rings is 6. The maximum atomic E-state index is 13.1. The van der Waals surface area contributed by atoms with Crippen LogP contribution in [-0.4, -0.2) is 70.4 Å². The van der Waals surface area contributed by atoms with E-state index in [1.165, 1.54) is 50.2 Å². The van der Waals surface area contributed by atoms with Crippen LogP contribution in [0.25, 0.3) is 0 Å². The number of carbonyl (C=O) groups excluding carboxylic acids is 6. The van der Waals surface area contributed by atoms with Gasteiger partial charge in [0.2, 0.25) is 0 Å². The van der Waals surface area contributed by atoms with Gasteiger partial charge in [0.05, 0.1) is 22.3 Å². The first-order chi connectivity index (χ1) is 33.3. The maximum Gasteiger partial charge on any atom is 0.338 e. The smallest absolute Gasteiger partial charge is 0.338 e. The quantitative estimate of drug-likeness (QED) is 0.0746. The molecule has 0 saturated carbocycles. The van der Waals surface area contributed by atoms with E-state index in [2.05, 4.69) is 63.7 Å². The van der Waals surface area contributed by atoms with Crippen LogP contribution >= 0.6 is 63.7 Å². The first kappa shape index (κ1) is 51.5. The minimum Gasteiger partial charge on any atom is -0.508 e. The molecule has 6 aromatic rings. The molecule has 0 radical (unpaired) electrons. The Bertz CT molecular complexity index is 2770. The molecule has 0 unspecified atom stereocenters. The molecule has 2 aliphatic rings. The third-order valence-corrected chi connectivity index (χ3v) is 12.6. The van der Waals surface area contributed by atoms with Gasteiger partial charge < -0.3 is 38.6 Å². The van der Waals surface area contributed by atoms with Crippen molar-refractivity contribution in [1.29, 1.82) is 0 Å². The number of ether oxygens (including phenoxy) is 6. The van der Waals surface area contributed by atoms with E-state index in [9.17, 15) is 39.0 Å². The molecule has 8 rings (SSSR count). The predicted octanol–water partition coefficient (Wildman–Crippen LogP) is 10.8. The summed E-state index contributed by atoms with van der Waals surface area (Å²) in [4.78, 5) is 74.6. The normalized spacial score (nSPS) is 16.7. The summed E-state index contributed by atoms with van der Waals surface area (Å²) in [6, 6.07) is 33.0. The first-order valence-corrected chi connectivity index (χ1v) is 24.5. The molecule has 0 heterocycles. The first-order valence-electron chi connectivity index (χ1n) is 21.3. The fourth-order valence-corrected chi connectivity index (χ4v) is 9.70. The van der Waals surface area contributed by atoms with Crippen LogP contribution in [0.15, 0.2) is 139 Å². The van der Waals surface area contributed by atoms with E-state index in [4.69, 9.17) is 28.4 Å². The molecule has 0 spiro atoms. The van der Waals surface area contributed by atoms with E-state index in [1.54, 1.807) is 36.4 Å². The van der Waals surface area contributed by atoms with Crippen LogP contribution in [0.3, 0.4) is 0 Å². The van der Waals surface area contributed by atoms with Crippen molar-refractivity contribution in [3.63, 3.8) is 0 Å². The summed E-state index contributed by atoms with van der Waals surface area (Å²) >= 11 is 13.1. The Balaban J connectivity index is 0.000000209.